The van der Waals surface area contributed by atoms with Crippen LogP contribution >= 0.6 is 0 Å². The minimum absolute atomic E-state index is 0.267. The molecule has 8 nitrogen and oxygen atoms in total. The Labute approximate surface area is 131 Å². The second-order valence-corrected chi connectivity index (χ2v) is 5.93. The normalized spacial score (nSPS) is 13.0. The quantitative estimate of drug-likeness (QED) is 0.792. The molecule has 0 saturated heterocycles. The lowest BCUT2D eigenvalue weighted by Gasteiger charge is -2.21. The van der Waals surface area contributed by atoms with Gasteiger partial charge in [-0.15, -0.1) is 0 Å². The maximum absolute atomic E-state index is 12.1. The van der Waals surface area contributed by atoms with Crippen molar-refractivity contribution >= 4 is 17.1 Å². The van der Waals surface area contributed by atoms with Crippen molar-refractivity contribution in [3.05, 3.63) is 42.5 Å². The van der Waals surface area contributed by atoms with E-state index in [0.29, 0.717) is 11.3 Å². The van der Waals surface area contributed by atoms with Gasteiger partial charge in [0.05, 0.1) is 0 Å². The number of nitrogens with zero attached hydrogens (tertiary/aromatic N) is 3. The van der Waals surface area contributed by atoms with Crippen LogP contribution in [0, 0.1) is 0 Å². The van der Waals surface area contributed by atoms with E-state index in [1.165, 1.54) is 6.39 Å². The zero-order valence-electron chi connectivity index (χ0n) is 12.9. The topological polar surface area (TPSA) is 103 Å². The van der Waals surface area contributed by atoms with Crippen molar-refractivity contribution in [2.24, 2.45) is 0 Å². The van der Waals surface area contributed by atoms with Gasteiger partial charge in [0.1, 0.15) is 16.9 Å². The van der Waals surface area contributed by atoms with Gasteiger partial charge in [-0.2, -0.15) is 4.98 Å². The molecule has 120 valence electrons. The smallest absolute Gasteiger partial charge is 0.408 e. The second-order valence-electron chi connectivity index (χ2n) is 5.93. The third-order valence-electron chi connectivity index (χ3n) is 2.92. The molecule has 1 N–H and O–H groups in total. The van der Waals surface area contributed by atoms with Gasteiger partial charge in [0.15, 0.2) is 6.04 Å². The monoisotopic (exact) mass is 316 g/mol. The highest BCUT2D eigenvalue weighted by molar-refractivity contribution is 5.77. The fourth-order valence-electron chi connectivity index (χ4n) is 2.04. The number of hydrogen-bond acceptors (Lipinski definition) is 7. The number of hydrogen-bond donors (Lipinski definition) is 1. The molecule has 0 saturated carbocycles. The Bertz CT molecular complexity index is 771. The summed E-state index contributed by atoms with van der Waals surface area (Å²) in [5.74, 6) is 0.725. The van der Waals surface area contributed by atoms with Crippen LogP contribution in [0.25, 0.3) is 11.0 Å². The molecule has 23 heavy (non-hydrogen) atoms. The van der Waals surface area contributed by atoms with Crippen molar-refractivity contribution in [1.82, 2.24) is 20.4 Å². The molecule has 8 heteroatoms. The number of carbonyl (C=O) groups is 1. The summed E-state index contributed by atoms with van der Waals surface area (Å²) in [5.41, 5.74) is 0.0263. The largest absolute Gasteiger partial charge is 0.458 e. The third kappa shape index (κ3) is 3.47. The van der Waals surface area contributed by atoms with E-state index < -0.39 is 17.7 Å². The lowest BCUT2D eigenvalue weighted by atomic mass is 10.2. The second kappa shape index (κ2) is 5.71. The van der Waals surface area contributed by atoms with Gasteiger partial charge < -0.3 is 19.0 Å². The molecule has 0 fully saturated rings. The molecule has 0 bridgehead atoms. The lowest BCUT2D eigenvalue weighted by Crippen LogP contribution is -2.35. The highest BCUT2D eigenvalue weighted by Gasteiger charge is 2.27. The fraction of sp³-hybridized carbons (Fsp3) is 0.333. The molecule has 1 amide bonds. The minimum atomic E-state index is -0.726. The number of carbonyl (C=O) groups excluding carboxylic acids is 1. The summed E-state index contributed by atoms with van der Waals surface area (Å²) in [7, 11) is 0. The van der Waals surface area contributed by atoms with E-state index in [2.05, 4.69) is 20.4 Å². The van der Waals surface area contributed by atoms with Gasteiger partial charge >= 0.3 is 6.09 Å². The fourth-order valence-corrected chi connectivity index (χ4v) is 2.04. The molecule has 0 aromatic carbocycles. The minimum Gasteiger partial charge on any atom is -0.458 e. The number of aromatic nitrogens is 3. The average molecular weight is 316 g/mol. The maximum Gasteiger partial charge on any atom is 0.408 e. The molecule has 3 aromatic heterocycles. The van der Waals surface area contributed by atoms with Crippen molar-refractivity contribution in [2.45, 2.75) is 32.4 Å². The highest BCUT2D eigenvalue weighted by atomic mass is 16.6. The van der Waals surface area contributed by atoms with Crippen LogP contribution in [-0.2, 0) is 4.74 Å². The summed E-state index contributed by atoms with van der Waals surface area (Å²) < 4.78 is 15.8. The van der Waals surface area contributed by atoms with E-state index in [1.54, 1.807) is 45.3 Å². The van der Waals surface area contributed by atoms with E-state index in [1.807, 2.05) is 0 Å². The molecule has 3 rings (SSSR count). The van der Waals surface area contributed by atoms with Gasteiger partial charge in [-0.1, -0.05) is 5.16 Å². The van der Waals surface area contributed by atoms with Crippen LogP contribution in [0.5, 0.6) is 0 Å². The first-order chi connectivity index (χ1) is 10.9. The Morgan fingerprint density at radius 1 is 1.39 bits per heavy atom. The molecule has 0 spiro atoms. The predicted molar refractivity (Wildman–Crippen MR) is 79.5 cm³/mol. The number of nitrogens with one attached hydrogen (secondary N) is 1. The summed E-state index contributed by atoms with van der Waals surface area (Å²) in [6.45, 7) is 5.34. The van der Waals surface area contributed by atoms with Crippen molar-refractivity contribution in [2.75, 3.05) is 0 Å². The van der Waals surface area contributed by atoms with Crippen LogP contribution in [0.3, 0.4) is 0 Å². The Hall–Kier alpha value is -2.90. The van der Waals surface area contributed by atoms with E-state index in [0.717, 1.165) is 5.39 Å². The number of ether oxygens (including phenoxy) is 1. The number of pyridine rings is 1. The van der Waals surface area contributed by atoms with Crippen LogP contribution in [0.2, 0.25) is 0 Å². The summed E-state index contributed by atoms with van der Waals surface area (Å²) in [4.78, 5) is 20.1. The van der Waals surface area contributed by atoms with Gasteiger partial charge in [0.2, 0.25) is 12.2 Å². The van der Waals surface area contributed by atoms with Gasteiger partial charge in [0, 0.05) is 17.8 Å². The summed E-state index contributed by atoms with van der Waals surface area (Å²) in [6, 6.07) is 2.77. The van der Waals surface area contributed by atoms with E-state index in [9.17, 15) is 4.79 Å². The van der Waals surface area contributed by atoms with Gasteiger partial charge in [-0.05, 0) is 32.9 Å². The molecular formula is C15H16N4O4. The zero-order valence-corrected chi connectivity index (χ0v) is 12.9. The molecule has 0 radical (unpaired) electrons. The number of fused-ring (bicyclic) bond motifs is 1. The van der Waals surface area contributed by atoms with Crippen LogP contribution in [0.15, 0.2) is 39.9 Å². The first-order valence-corrected chi connectivity index (χ1v) is 7.01. The SMILES string of the molecule is CC(C)(C)OC(=O)NC(c1ncon1)c1cc2cnccc2o1. The first kappa shape index (κ1) is 15.0. The van der Waals surface area contributed by atoms with Crippen LogP contribution in [0.1, 0.15) is 38.4 Å². The van der Waals surface area contributed by atoms with Crippen molar-refractivity contribution in [3.8, 4) is 0 Å². The number of amides is 1. The summed E-state index contributed by atoms with van der Waals surface area (Å²) >= 11 is 0. The zero-order chi connectivity index (χ0) is 16.4. The Morgan fingerprint density at radius 3 is 2.87 bits per heavy atom. The van der Waals surface area contributed by atoms with E-state index in [-0.39, 0.29) is 5.82 Å². The van der Waals surface area contributed by atoms with Crippen molar-refractivity contribution in [3.63, 3.8) is 0 Å². The Morgan fingerprint density at radius 2 is 2.22 bits per heavy atom. The summed E-state index contributed by atoms with van der Waals surface area (Å²) in [5, 5.41) is 7.28. The molecule has 1 unspecified atom stereocenters. The number of alkyl carbamates (subject to hydrolysis) is 1. The molecule has 0 aliphatic carbocycles. The summed E-state index contributed by atoms with van der Waals surface area (Å²) in [6.07, 6.45) is 3.87. The molecule has 3 heterocycles. The molecular weight excluding hydrogens is 300 g/mol. The predicted octanol–water partition coefficient (Wildman–Crippen LogP) is 2.82. The Kier molecular flexibility index (Phi) is 3.73. The highest BCUT2D eigenvalue weighted by Crippen LogP contribution is 2.26. The maximum atomic E-state index is 12.1. The van der Waals surface area contributed by atoms with Gasteiger partial charge in [-0.25, -0.2) is 4.79 Å². The van der Waals surface area contributed by atoms with Crippen LogP contribution in [0.4, 0.5) is 4.79 Å². The third-order valence-corrected chi connectivity index (χ3v) is 2.92. The molecule has 0 aliphatic heterocycles. The standard InChI is InChI=1S/C15H16N4O4/c1-15(2,3)23-14(20)18-12(13-17-8-21-19-13)11-6-9-7-16-5-4-10(9)22-11/h4-8,12H,1-3H3,(H,18,20). The number of rotatable bonds is 3. The van der Waals surface area contributed by atoms with Crippen molar-refractivity contribution < 1.29 is 18.5 Å². The molecule has 1 atom stereocenters. The Balaban J connectivity index is 1.91. The molecule has 0 aliphatic rings. The van der Waals surface area contributed by atoms with E-state index in [4.69, 9.17) is 13.7 Å². The molecule has 3 aromatic rings. The van der Waals surface area contributed by atoms with Gasteiger partial charge in [-0.3, -0.25) is 4.98 Å². The number of furan rings is 1. The lowest BCUT2D eigenvalue weighted by molar-refractivity contribution is 0.0505. The average Bonchev–Trinajstić information content (AvgIpc) is 3.12. The van der Waals surface area contributed by atoms with Crippen LogP contribution < -0.4 is 5.32 Å². The van der Waals surface area contributed by atoms with Crippen LogP contribution in [-0.4, -0.2) is 26.8 Å². The van der Waals surface area contributed by atoms with E-state index >= 15 is 0 Å². The van der Waals surface area contributed by atoms with Gasteiger partial charge in [0.25, 0.3) is 0 Å². The first-order valence-electron chi connectivity index (χ1n) is 7.01. The van der Waals surface area contributed by atoms with Crippen molar-refractivity contribution in [1.29, 1.82) is 0 Å².